The molecule has 0 saturated carbocycles. The van der Waals surface area contributed by atoms with Crippen molar-refractivity contribution in [2.24, 2.45) is 0 Å². The first-order valence-corrected chi connectivity index (χ1v) is 6.96. The van der Waals surface area contributed by atoms with Crippen molar-refractivity contribution >= 4 is 8.15 Å². The summed E-state index contributed by atoms with van der Waals surface area (Å²) < 4.78 is 52.6. The number of hydrogen-bond donors (Lipinski definition) is 0. The molecular weight excluding hydrogens is 412 g/mol. The first-order chi connectivity index (χ1) is 8.06. The second-order valence-corrected chi connectivity index (χ2v) is 6.33. The van der Waals surface area contributed by atoms with Crippen LogP contribution in [0, 0.1) is 23.3 Å². The minimum absolute atomic E-state index is 0.289. The Morgan fingerprint density at radius 2 is 1.06 bits per heavy atom. The van der Waals surface area contributed by atoms with Crippen LogP contribution in [-0.2, 0) is 17.7 Å². The van der Waals surface area contributed by atoms with E-state index in [0.717, 1.165) is 24.3 Å². The first-order valence-electron chi connectivity index (χ1n) is 4.57. The van der Waals surface area contributed by atoms with Crippen LogP contribution in [0.3, 0.4) is 0 Å². The number of hydrogen-bond acceptors (Lipinski definition) is 0. The third-order valence-electron chi connectivity index (χ3n) is 1.91. The molecule has 0 saturated heterocycles. The summed E-state index contributed by atoms with van der Waals surface area (Å²) in [4.78, 5) is 0. The zero-order chi connectivity index (χ0) is 12.4. The predicted octanol–water partition coefficient (Wildman–Crippen LogP) is 2.28. The molecule has 0 nitrogen and oxygen atoms in total. The van der Waals surface area contributed by atoms with E-state index in [-0.39, 0.29) is 8.15 Å². The number of halogens is 4. The molecule has 0 aromatic heterocycles. The molecule has 0 fully saturated rings. The molecule has 0 amide bonds. The number of rotatable bonds is 2. The summed E-state index contributed by atoms with van der Waals surface area (Å²) in [5.41, 5.74) is 0. The average Bonchev–Trinajstić information content (AvgIpc) is 2.25. The zero-order valence-electron chi connectivity index (χ0n) is 8.31. The van der Waals surface area contributed by atoms with E-state index in [4.69, 9.17) is 0 Å². The quantitative estimate of drug-likeness (QED) is 0.657. The second-order valence-electron chi connectivity index (χ2n) is 3.15. The minimum atomic E-state index is -1.27. The van der Waals surface area contributed by atoms with Gasteiger partial charge in [0.2, 0.25) is 0 Å². The molecule has 0 aliphatic heterocycles. The summed E-state index contributed by atoms with van der Waals surface area (Å²) in [6.07, 6.45) is 0. The van der Waals surface area contributed by atoms with Crippen molar-refractivity contribution in [3.05, 3.63) is 59.7 Å². The van der Waals surface area contributed by atoms with Crippen molar-refractivity contribution in [2.45, 2.75) is 0 Å². The van der Waals surface area contributed by atoms with Gasteiger partial charge in [-0.25, -0.2) is 0 Å². The molecule has 0 aliphatic carbocycles. The van der Waals surface area contributed by atoms with E-state index in [1.165, 1.54) is 12.1 Å². The molecule has 0 atom stereocenters. The topological polar surface area (TPSA) is 0 Å². The Kier molecular flexibility index (Phi) is 3.60. The fourth-order valence-electron chi connectivity index (χ4n) is 1.16. The van der Waals surface area contributed by atoms with Crippen LogP contribution in [0.5, 0.6) is 0 Å². The number of benzene rings is 2. The van der Waals surface area contributed by atoms with E-state index < -0.39 is 41.0 Å². The summed E-state index contributed by atoms with van der Waals surface area (Å²) in [7, 11) is 0. The monoisotopic (exact) mass is 419 g/mol. The molecular formula is C12H6F4Ir. The van der Waals surface area contributed by atoms with E-state index in [1.807, 2.05) is 0 Å². The van der Waals surface area contributed by atoms with E-state index in [0.29, 0.717) is 0 Å². The van der Waals surface area contributed by atoms with Crippen LogP contribution in [0.1, 0.15) is 0 Å². The van der Waals surface area contributed by atoms with Gasteiger partial charge in [-0.05, 0) is 0 Å². The van der Waals surface area contributed by atoms with Crippen LogP contribution in [0.25, 0.3) is 0 Å². The molecule has 2 aromatic rings. The Bertz CT molecular complexity index is 505. The Labute approximate surface area is 103 Å². The van der Waals surface area contributed by atoms with Gasteiger partial charge in [-0.3, -0.25) is 0 Å². The van der Waals surface area contributed by atoms with Gasteiger partial charge in [-0.1, -0.05) is 0 Å². The molecule has 2 rings (SSSR count). The molecule has 0 radical (unpaired) electrons. The Morgan fingerprint density at radius 1 is 0.647 bits per heavy atom. The summed E-state index contributed by atoms with van der Waals surface area (Å²) in [5, 5.41) is 0. The van der Waals surface area contributed by atoms with Crippen LogP contribution in [0.15, 0.2) is 36.4 Å². The Morgan fingerprint density at radius 3 is 1.41 bits per heavy atom. The maximum absolute atomic E-state index is 13.3. The van der Waals surface area contributed by atoms with E-state index in [2.05, 4.69) is 0 Å². The molecule has 0 heterocycles. The average molecular weight is 418 g/mol. The van der Waals surface area contributed by atoms with E-state index in [1.54, 1.807) is 0 Å². The SMILES string of the molecule is Fc1cc[c]([Ir][c]2ccc(F)cc2F)c(F)c1. The van der Waals surface area contributed by atoms with E-state index >= 15 is 0 Å². The van der Waals surface area contributed by atoms with Gasteiger partial charge in [0.15, 0.2) is 0 Å². The molecule has 0 spiro atoms. The fourth-order valence-corrected chi connectivity index (χ4v) is 3.57. The van der Waals surface area contributed by atoms with Crippen LogP contribution in [-0.4, -0.2) is 0 Å². The van der Waals surface area contributed by atoms with Crippen molar-refractivity contribution in [1.29, 1.82) is 0 Å². The fraction of sp³-hybridized carbons (Fsp3) is 0. The third kappa shape index (κ3) is 2.93. The van der Waals surface area contributed by atoms with Crippen LogP contribution < -0.4 is 8.15 Å². The van der Waals surface area contributed by atoms with Gasteiger partial charge in [0.1, 0.15) is 0 Å². The van der Waals surface area contributed by atoms with Crippen LogP contribution in [0.4, 0.5) is 17.6 Å². The maximum atomic E-state index is 13.3. The Hall–Kier alpha value is -1.19. The van der Waals surface area contributed by atoms with E-state index in [9.17, 15) is 17.6 Å². The van der Waals surface area contributed by atoms with Gasteiger partial charge in [0.25, 0.3) is 0 Å². The predicted molar refractivity (Wildman–Crippen MR) is 52.0 cm³/mol. The second kappa shape index (κ2) is 4.98. The van der Waals surface area contributed by atoms with Crippen molar-refractivity contribution in [2.75, 3.05) is 0 Å². The standard InChI is InChI=1S/2C6H3F2.Ir/c2*7-5-2-1-3-6(8)4-5;/h2*1-2,4H;. The molecule has 0 unspecified atom stereocenters. The molecule has 5 heteroatoms. The van der Waals surface area contributed by atoms with Gasteiger partial charge in [-0.2, -0.15) is 0 Å². The molecule has 0 N–H and O–H groups in total. The molecule has 0 bridgehead atoms. The summed E-state index contributed by atoms with van der Waals surface area (Å²) >= 11 is -1.27. The summed E-state index contributed by atoms with van der Waals surface area (Å²) in [5.74, 6) is -2.71. The summed E-state index contributed by atoms with van der Waals surface area (Å²) in [6.45, 7) is 0. The van der Waals surface area contributed by atoms with Gasteiger partial charge in [0, 0.05) is 0 Å². The van der Waals surface area contributed by atoms with Crippen LogP contribution >= 0.6 is 0 Å². The van der Waals surface area contributed by atoms with Crippen LogP contribution in [0.2, 0.25) is 0 Å². The third-order valence-corrected chi connectivity index (χ3v) is 5.14. The zero-order valence-corrected chi connectivity index (χ0v) is 10.7. The molecule has 91 valence electrons. The summed E-state index contributed by atoms with van der Waals surface area (Å²) in [6, 6.07) is 6.38. The van der Waals surface area contributed by atoms with Gasteiger partial charge >= 0.3 is 103 Å². The van der Waals surface area contributed by atoms with Crippen molar-refractivity contribution in [1.82, 2.24) is 0 Å². The van der Waals surface area contributed by atoms with Crippen molar-refractivity contribution < 1.29 is 35.3 Å². The normalized spacial score (nSPS) is 10.8. The Balaban J connectivity index is 2.31. The van der Waals surface area contributed by atoms with Gasteiger partial charge in [-0.15, -0.1) is 0 Å². The van der Waals surface area contributed by atoms with Gasteiger partial charge < -0.3 is 0 Å². The van der Waals surface area contributed by atoms with Gasteiger partial charge in [0.05, 0.1) is 0 Å². The first kappa shape index (κ1) is 12.3. The molecule has 0 aliphatic rings. The van der Waals surface area contributed by atoms with Crippen molar-refractivity contribution in [3.8, 4) is 0 Å². The molecule has 2 aromatic carbocycles. The molecule has 17 heavy (non-hydrogen) atoms. The van der Waals surface area contributed by atoms with Crippen molar-refractivity contribution in [3.63, 3.8) is 0 Å².